The smallest absolute Gasteiger partial charge is 0.0628 e. The van der Waals surface area contributed by atoms with Crippen LogP contribution in [0.1, 0.15) is 17.2 Å². The van der Waals surface area contributed by atoms with Gasteiger partial charge in [0.2, 0.25) is 0 Å². The first kappa shape index (κ1) is 8.73. The summed E-state index contributed by atoms with van der Waals surface area (Å²) in [7, 11) is 2.07. The second-order valence-electron chi connectivity index (χ2n) is 3.63. The largest absolute Gasteiger partial charge is 0.394 e. The normalized spacial score (nSPS) is 22.8. The van der Waals surface area contributed by atoms with Crippen LogP contribution >= 0.6 is 0 Å². The predicted molar refractivity (Wildman–Crippen MR) is 52.6 cm³/mol. The van der Waals surface area contributed by atoms with Gasteiger partial charge in [0.25, 0.3) is 0 Å². The third kappa shape index (κ3) is 1.47. The number of aliphatic hydroxyl groups is 1. The average molecular weight is 177 g/mol. The molecule has 2 heteroatoms. The molecule has 0 aromatic heterocycles. The number of rotatable bonds is 1. The zero-order valence-electron chi connectivity index (χ0n) is 7.90. The number of aliphatic hydroxyl groups excluding tert-OH is 1. The molecule has 2 nitrogen and oxygen atoms in total. The van der Waals surface area contributed by atoms with Crippen LogP contribution in [0.5, 0.6) is 0 Å². The van der Waals surface area contributed by atoms with Crippen LogP contribution in [0.2, 0.25) is 0 Å². The van der Waals surface area contributed by atoms with E-state index in [2.05, 4.69) is 30.1 Å². The van der Waals surface area contributed by atoms with Crippen molar-refractivity contribution in [3.63, 3.8) is 0 Å². The molecule has 13 heavy (non-hydrogen) atoms. The van der Waals surface area contributed by atoms with Crippen molar-refractivity contribution in [2.45, 2.75) is 12.5 Å². The Balaban J connectivity index is 2.39. The van der Waals surface area contributed by atoms with E-state index >= 15 is 0 Å². The number of fused-ring (bicyclic) bond motifs is 1. The predicted octanol–water partition coefficient (Wildman–Crippen LogP) is 1.21. The lowest BCUT2D eigenvalue weighted by molar-refractivity contribution is 0.139. The highest BCUT2D eigenvalue weighted by molar-refractivity contribution is 5.32. The first-order chi connectivity index (χ1) is 6.33. The van der Waals surface area contributed by atoms with Crippen molar-refractivity contribution in [1.82, 2.24) is 4.90 Å². The molecule has 0 bridgehead atoms. The van der Waals surface area contributed by atoms with Gasteiger partial charge in [0.05, 0.1) is 12.6 Å². The van der Waals surface area contributed by atoms with E-state index in [0.29, 0.717) is 0 Å². The number of hydrogen-bond donors (Lipinski definition) is 1. The SMILES string of the molecule is CN1CCc2ccccc2C1CO. The highest BCUT2D eigenvalue weighted by Crippen LogP contribution is 2.27. The number of benzene rings is 1. The maximum absolute atomic E-state index is 9.27. The Labute approximate surface area is 78.8 Å². The molecule has 70 valence electrons. The molecule has 2 rings (SSSR count). The van der Waals surface area contributed by atoms with Crippen molar-refractivity contribution >= 4 is 0 Å². The molecule has 1 aromatic carbocycles. The van der Waals surface area contributed by atoms with E-state index in [4.69, 9.17) is 0 Å². The molecule has 1 atom stereocenters. The van der Waals surface area contributed by atoms with E-state index in [9.17, 15) is 5.11 Å². The average Bonchev–Trinajstić information content (AvgIpc) is 2.18. The van der Waals surface area contributed by atoms with Gasteiger partial charge in [-0.25, -0.2) is 0 Å². The molecule has 0 fully saturated rings. The van der Waals surface area contributed by atoms with Crippen LogP contribution in [0.15, 0.2) is 24.3 Å². The first-order valence-electron chi connectivity index (χ1n) is 4.72. The van der Waals surface area contributed by atoms with Gasteiger partial charge in [-0.1, -0.05) is 24.3 Å². The molecule has 1 N–H and O–H groups in total. The van der Waals surface area contributed by atoms with Gasteiger partial charge in [0.15, 0.2) is 0 Å². The first-order valence-corrected chi connectivity index (χ1v) is 4.72. The molecular weight excluding hydrogens is 162 g/mol. The summed E-state index contributed by atoms with van der Waals surface area (Å²) in [5, 5.41) is 9.27. The maximum atomic E-state index is 9.27. The van der Waals surface area contributed by atoms with Crippen LogP contribution in [-0.4, -0.2) is 30.2 Å². The fraction of sp³-hybridized carbons (Fsp3) is 0.455. The van der Waals surface area contributed by atoms with Crippen molar-refractivity contribution in [3.05, 3.63) is 35.4 Å². The Morgan fingerprint density at radius 2 is 2.23 bits per heavy atom. The Kier molecular flexibility index (Phi) is 2.34. The van der Waals surface area contributed by atoms with Crippen LogP contribution in [0.4, 0.5) is 0 Å². The van der Waals surface area contributed by atoms with Gasteiger partial charge in [-0.05, 0) is 24.6 Å². The minimum atomic E-state index is 0.199. The molecule has 0 saturated carbocycles. The van der Waals surface area contributed by atoms with E-state index in [-0.39, 0.29) is 12.6 Å². The highest BCUT2D eigenvalue weighted by atomic mass is 16.3. The fourth-order valence-electron chi connectivity index (χ4n) is 2.01. The van der Waals surface area contributed by atoms with E-state index < -0.39 is 0 Å². The van der Waals surface area contributed by atoms with E-state index in [0.717, 1.165) is 13.0 Å². The van der Waals surface area contributed by atoms with E-state index in [1.807, 2.05) is 6.07 Å². The molecule has 1 aromatic rings. The highest BCUT2D eigenvalue weighted by Gasteiger charge is 2.22. The molecule has 1 heterocycles. The summed E-state index contributed by atoms with van der Waals surface area (Å²) in [6.45, 7) is 1.26. The lowest BCUT2D eigenvalue weighted by Gasteiger charge is -2.33. The Morgan fingerprint density at radius 1 is 1.46 bits per heavy atom. The van der Waals surface area contributed by atoms with Gasteiger partial charge in [-0.3, -0.25) is 4.90 Å². The Hall–Kier alpha value is -0.860. The molecule has 0 spiro atoms. The van der Waals surface area contributed by atoms with Gasteiger partial charge in [-0.2, -0.15) is 0 Å². The molecule has 0 saturated heterocycles. The summed E-state index contributed by atoms with van der Waals surface area (Å²) >= 11 is 0. The van der Waals surface area contributed by atoms with E-state index in [1.54, 1.807) is 0 Å². The minimum Gasteiger partial charge on any atom is -0.394 e. The second-order valence-corrected chi connectivity index (χ2v) is 3.63. The molecule has 1 aliphatic heterocycles. The minimum absolute atomic E-state index is 0.199. The quantitative estimate of drug-likeness (QED) is 0.697. The number of hydrogen-bond acceptors (Lipinski definition) is 2. The fourth-order valence-corrected chi connectivity index (χ4v) is 2.01. The Morgan fingerprint density at radius 3 is 3.00 bits per heavy atom. The van der Waals surface area contributed by atoms with Gasteiger partial charge in [0.1, 0.15) is 0 Å². The van der Waals surface area contributed by atoms with Gasteiger partial charge in [-0.15, -0.1) is 0 Å². The monoisotopic (exact) mass is 177 g/mol. The summed E-state index contributed by atoms with van der Waals surface area (Å²) in [6.07, 6.45) is 1.10. The van der Waals surface area contributed by atoms with Crippen LogP contribution < -0.4 is 0 Å². The summed E-state index contributed by atoms with van der Waals surface area (Å²) in [6, 6.07) is 8.58. The molecule has 0 aliphatic carbocycles. The zero-order valence-corrected chi connectivity index (χ0v) is 7.90. The lowest BCUT2D eigenvalue weighted by atomic mass is 9.93. The van der Waals surface area contributed by atoms with Crippen LogP contribution in [-0.2, 0) is 6.42 Å². The number of likely N-dealkylation sites (N-methyl/N-ethyl adjacent to an activating group) is 1. The number of nitrogens with zero attached hydrogens (tertiary/aromatic N) is 1. The summed E-state index contributed by atoms with van der Waals surface area (Å²) in [5.41, 5.74) is 2.68. The van der Waals surface area contributed by atoms with Gasteiger partial charge >= 0.3 is 0 Å². The third-order valence-corrected chi connectivity index (χ3v) is 2.85. The molecule has 1 aliphatic rings. The van der Waals surface area contributed by atoms with E-state index in [1.165, 1.54) is 11.1 Å². The lowest BCUT2D eigenvalue weighted by Crippen LogP contribution is -2.34. The van der Waals surface area contributed by atoms with Crippen molar-refractivity contribution in [2.24, 2.45) is 0 Å². The third-order valence-electron chi connectivity index (χ3n) is 2.85. The molecule has 1 unspecified atom stereocenters. The van der Waals surface area contributed by atoms with Crippen LogP contribution in [0, 0.1) is 0 Å². The summed E-state index contributed by atoms with van der Waals surface area (Å²) in [4.78, 5) is 2.21. The summed E-state index contributed by atoms with van der Waals surface area (Å²) in [5.74, 6) is 0. The molecule has 0 radical (unpaired) electrons. The van der Waals surface area contributed by atoms with Crippen LogP contribution in [0.3, 0.4) is 0 Å². The second kappa shape index (κ2) is 3.48. The maximum Gasteiger partial charge on any atom is 0.0628 e. The standard InChI is InChI=1S/C11H15NO/c1-12-7-6-9-4-2-3-5-10(9)11(12)8-13/h2-5,11,13H,6-8H2,1H3. The van der Waals surface area contributed by atoms with Crippen molar-refractivity contribution in [3.8, 4) is 0 Å². The van der Waals surface area contributed by atoms with Gasteiger partial charge in [0, 0.05) is 6.54 Å². The molecular formula is C11H15NO. The Bertz CT molecular complexity index is 298. The summed E-state index contributed by atoms with van der Waals surface area (Å²) < 4.78 is 0. The zero-order chi connectivity index (χ0) is 9.26. The van der Waals surface area contributed by atoms with Crippen molar-refractivity contribution in [1.29, 1.82) is 0 Å². The topological polar surface area (TPSA) is 23.5 Å². The molecule has 0 amide bonds. The van der Waals surface area contributed by atoms with Crippen molar-refractivity contribution in [2.75, 3.05) is 20.2 Å². The van der Waals surface area contributed by atoms with Crippen LogP contribution in [0.25, 0.3) is 0 Å². The van der Waals surface area contributed by atoms with Gasteiger partial charge < -0.3 is 5.11 Å². The van der Waals surface area contributed by atoms with Crippen molar-refractivity contribution < 1.29 is 5.11 Å².